The second-order valence-corrected chi connectivity index (χ2v) is 10.1. The number of amides is 1. The van der Waals surface area contributed by atoms with Gasteiger partial charge in [-0.3, -0.25) is 0 Å². The van der Waals surface area contributed by atoms with Crippen molar-refractivity contribution in [3.8, 4) is 28.4 Å². The third-order valence-electron chi connectivity index (χ3n) is 6.30. The minimum atomic E-state index is -0.578. The lowest BCUT2D eigenvalue weighted by atomic mass is 9.80. The molecular weight excluding hydrogens is 464 g/mol. The molecule has 1 amide bonds. The van der Waals surface area contributed by atoms with E-state index in [-0.39, 0.29) is 16.3 Å². The molecule has 0 aliphatic carbocycles. The second-order valence-electron chi connectivity index (χ2n) is 9.69. The van der Waals surface area contributed by atoms with Crippen LogP contribution in [0.25, 0.3) is 16.7 Å². The van der Waals surface area contributed by atoms with Gasteiger partial charge in [-0.15, -0.1) is 0 Å². The van der Waals surface area contributed by atoms with E-state index in [4.69, 9.17) is 21.1 Å². The van der Waals surface area contributed by atoms with Gasteiger partial charge in [0.15, 0.2) is 6.10 Å². The van der Waals surface area contributed by atoms with Gasteiger partial charge in [0.25, 0.3) is 0 Å². The van der Waals surface area contributed by atoms with E-state index in [1.54, 1.807) is 26.2 Å². The van der Waals surface area contributed by atoms with E-state index < -0.39 is 12.2 Å². The predicted molar refractivity (Wildman–Crippen MR) is 139 cm³/mol. The van der Waals surface area contributed by atoms with E-state index >= 15 is 0 Å². The van der Waals surface area contributed by atoms with E-state index in [0.717, 1.165) is 28.0 Å². The molecule has 3 aromatic carbocycles. The average molecular weight is 491 g/mol. The first-order chi connectivity index (χ1) is 16.6. The van der Waals surface area contributed by atoms with Gasteiger partial charge in [-0.2, -0.15) is 0 Å². The van der Waals surface area contributed by atoms with Crippen molar-refractivity contribution in [2.75, 3.05) is 19.4 Å². The van der Waals surface area contributed by atoms with Crippen molar-refractivity contribution in [2.45, 2.75) is 32.4 Å². The van der Waals surface area contributed by atoms with Gasteiger partial charge in [-0.1, -0.05) is 41.9 Å². The number of phenolic OH excluding ortho intramolecular Hbond substituents is 1. The Bertz CT molecular complexity index is 1390. The van der Waals surface area contributed by atoms with Gasteiger partial charge in [0.1, 0.15) is 17.2 Å². The Hall–Kier alpha value is -3.64. The number of aromatic hydroxyl groups is 1. The molecule has 2 aliphatic rings. The van der Waals surface area contributed by atoms with Crippen LogP contribution < -0.4 is 14.8 Å². The van der Waals surface area contributed by atoms with Gasteiger partial charge < -0.3 is 24.8 Å². The molecule has 3 aromatic rings. The third-order valence-corrected chi connectivity index (χ3v) is 6.68. The number of halogens is 1. The highest BCUT2D eigenvalue weighted by Crippen LogP contribution is 2.54. The number of benzene rings is 3. The molecule has 0 fully saturated rings. The van der Waals surface area contributed by atoms with Crippen molar-refractivity contribution >= 4 is 29.0 Å². The lowest BCUT2D eigenvalue weighted by molar-refractivity contribution is 0.169. The summed E-state index contributed by atoms with van der Waals surface area (Å²) in [6.45, 7) is 6.32. The van der Waals surface area contributed by atoms with Crippen LogP contribution in [-0.2, 0) is 0 Å². The quantitative estimate of drug-likeness (QED) is 0.410. The maximum Gasteiger partial charge on any atom is 0.414 e. The Morgan fingerprint density at radius 2 is 1.86 bits per heavy atom. The molecule has 0 saturated carbocycles. The topological polar surface area (TPSA) is 71.0 Å². The number of ether oxygens (including phenoxy) is 2. The summed E-state index contributed by atoms with van der Waals surface area (Å²) >= 11 is 6.60. The summed E-state index contributed by atoms with van der Waals surface area (Å²) in [4.78, 5) is 13.8. The number of rotatable bonds is 2. The molecule has 1 unspecified atom stereocenters. The molecule has 5 rings (SSSR count). The number of hydrogen-bond donors (Lipinski definition) is 2. The highest BCUT2D eigenvalue weighted by atomic mass is 35.5. The minimum absolute atomic E-state index is 0.0111. The molecule has 0 saturated heterocycles. The molecule has 0 radical (unpaired) electrons. The number of carbonyl (C=O) groups is 1. The van der Waals surface area contributed by atoms with Gasteiger partial charge >= 0.3 is 6.09 Å². The first kappa shape index (κ1) is 23.1. The Balaban J connectivity index is 1.79. The fourth-order valence-corrected chi connectivity index (χ4v) is 5.17. The van der Waals surface area contributed by atoms with Crippen LogP contribution in [0.15, 0.2) is 54.6 Å². The standard InChI is InChI=1S/C28H27ClN2O4/c1-15-14-28(2,3)30-18-11-10-17-23-21(13-12-19(32)25(23)29)34-26(24(17)22(15)18)16-8-6-7-9-20(16)35-27(33)31(4)5/h6-14,26,30,32H,1-5H3. The molecule has 180 valence electrons. The van der Waals surface area contributed by atoms with E-state index in [9.17, 15) is 9.90 Å². The lowest BCUT2D eigenvalue weighted by Crippen LogP contribution is -2.32. The van der Waals surface area contributed by atoms with Crippen LogP contribution >= 0.6 is 11.6 Å². The monoisotopic (exact) mass is 490 g/mol. The zero-order chi connectivity index (χ0) is 25.1. The van der Waals surface area contributed by atoms with Gasteiger partial charge in [0, 0.05) is 42.0 Å². The van der Waals surface area contributed by atoms with Crippen LogP contribution in [0.1, 0.15) is 43.6 Å². The molecule has 35 heavy (non-hydrogen) atoms. The normalized spacial score (nSPS) is 17.1. The van der Waals surface area contributed by atoms with Gasteiger partial charge in [-0.05, 0) is 56.2 Å². The molecule has 0 bridgehead atoms. The Kier molecular flexibility index (Phi) is 5.44. The van der Waals surface area contributed by atoms with Crippen LogP contribution in [-0.4, -0.2) is 35.7 Å². The summed E-state index contributed by atoms with van der Waals surface area (Å²) in [5, 5.41) is 14.2. The van der Waals surface area contributed by atoms with Crippen molar-refractivity contribution in [1.29, 1.82) is 0 Å². The molecule has 7 heteroatoms. The molecule has 2 heterocycles. The van der Waals surface area contributed by atoms with Crippen LogP contribution in [0, 0.1) is 0 Å². The minimum Gasteiger partial charge on any atom is -0.506 e. The Morgan fingerprint density at radius 3 is 2.60 bits per heavy atom. The number of fused-ring (bicyclic) bond motifs is 5. The highest BCUT2D eigenvalue weighted by molar-refractivity contribution is 6.35. The van der Waals surface area contributed by atoms with Gasteiger partial charge in [-0.25, -0.2) is 4.79 Å². The van der Waals surface area contributed by atoms with Crippen LogP contribution in [0.5, 0.6) is 17.2 Å². The second kappa shape index (κ2) is 8.24. The number of allylic oxidation sites excluding steroid dienone is 1. The average Bonchev–Trinajstić information content (AvgIpc) is 2.79. The van der Waals surface area contributed by atoms with Gasteiger partial charge in [0.2, 0.25) is 0 Å². The van der Waals surface area contributed by atoms with Crippen molar-refractivity contribution in [3.05, 3.63) is 76.3 Å². The first-order valence-electron chi connectivity index (χ1n) is 11.4. The summed E-state index contributed by atoms with van der Waals surface area (Å²) in [5.74, 6) is 0.950. The molecule has 2 N–H and O–H groups in total. The van der Waals surface area contributed by atoms with Crippen molar-refractivity contribution in [3.63, 3.8) is 0 Å². The van der Waals surface area contributed by atoms with E-state index in [1.165, 1.54) is 11.0 Å². The van der Waals surface area contributed by atoms with Crippen LogP contribution in [0.3, 0.4) is 0 Å². The number of nitrogens with zero attached hydrogens (tertiary/aromatic N) is 1. The number of carbonyl (C=O) groups excluding carboxylic acids is 1. The highest BCUT2D eigenvalue weighted by Gasteiger charge is 2.37. The van der Waals surface area contributed by atoms with E-state index in [2.05, 4.69) is 32.2 Å². The van der Waals surface area contributed by atoms with E-state index in [1.807, 2.05) is 30.3 Å². The summed E-state index contributed by atoms with van der Waals surface area (Å²) in [7, 11) is 3.28. The zero-order valence-electron chi connectivity index (χ0n) is 20.3. The lowest BCUT2D eigenvalue weighted by Gasteiger charge is -2.37. The molecule has 0 aromatic heterocycles. The molecule has 2 aliphatic heterocycles. The van der Waals surface area contributed by atoms with Gasteiger partial charge in [0.05, 0.1) is 10.6 Å². The smallest absolute Gasteiger partial charge is 0.414 e. The van der Waals surface area contributed by atoms with E-state index in [0.29, 0.717) is 22.6 Å². The SMILES string of the molecule is CC1=CC(C)(C)Nc2ccc3c(c21)C(c1ccccc1OC(=O)N(C)C)Oc1ccc(O)c(Cl)c1-3. The Morgan fingerprint density at radius 1 is 1.11 bits per heavy atom. The van der Waals surface area contributed by atoms with Crippen LogP contribution in [0.4, 0.5) is 10.5 Å². The predicted octanol–water partition coefficient (Wildman–Crippen LogP) is 6.86. The third kappa shape index (κ3) is 3.88. The largest absolute Gasteiger partial charge is 0.506 e. The zero-order valence-corrected chi connectivity index (χ0v) is 21.0. The number of anilines is 1. The van der Waals surface area contributed by atoms with Crippen LogP contribution in [0.2, 0.25) is 5.02 Å². The summed E-state index contributed by atoms with van der Waals surface area (Å²) < 4.78 is 12.3. The Labute approximate surface area is 209 Å². The summed E-state index contributed by atoms with van der Waals surface area (Å²) in [6.07, 6.45) is 1.13. The molecule has 6 nitrogen and oxygen atoms in total. The fraction of sp³-hybridized carbons (Fsp3) is 0.250. The molecule has 0 spiro atoms. The number of phenols is 1. The van der Waals surface area contributed by atoms with Crippen molar-refractivity contribution < 1.29 is 19.4 Å². The molecular formula is C28H27ClN2O4. The molecule has 1 atom stereocenters. The summed E-state index contributed by atoms with van der Waals surface area (Å²) in [5.41, 5.74) is 5.97. The number of para-hydroxylation sites is 1. The van der Waals surface area contributed by atoms with Crippen molar-refractivity contribution in [2.24, 2.45) is 0 Å². The first-order valence-corrected chi connectivity index (χ1v) is 11.8. The maximum absolute atomic E-state index is 12.4. The number of nitrogens with one attached hydrogen (secondary N) is 1. The fourth-order valence-electron chi connectivity index (χ4n) is 4.91. The number of hydrogen-bond acceptors (Lipinski definition) is 5. The summed E-state index contributed by atoms with van der Waals surface area (Å²) in [6, 6.07) is 14.7. The maximum atomic E-state index is 12.4. The van der Waals surface area contributed by atoms with Crippen molar-refractivity contribution in [1.82, 2.24) is 4.90 Å².